The van der Waals surface area contributed by atoms with E-state index in [-0.39, 0.29) is 12.3 Å². The van der Waals surface area contributed by atoms with Gasteiger partial charge < -0.3 is 15.3 Å². The summed E-state index contributed by atoms with van der Waals surface area (Å²) in [6.07, 6.45) is 0.237. The second kappa shape index (κ2) is 7.49. The minimum Gasteiger partial charge on any atom is -0.480 e. The summed E-state index contributed by atoms with van der Waals surface area (Å²) < 4.78 is 0. The molecule has 0 radical (unpaired) electrons. The summed E-state index contributed by atoms with van der Waals surface area (Å²) in [7, 11) is 0. The Hall–Kier alpha value is -1.77. The fourth-order valence-electron chi connectivity index (χ4n) is 1.33. The van der Waals surface area contributed by atoms with Crippen LogP contribution >= 0.6 is 0 Å². The summed E-state index contributed by atoms with van der Waals surface area (Å²) in [5.74, 6) is -1.24. The number of carboxylic acid groups (broad SMARTS) is 1. The van der Waals surface area contributed by atoms with Gasteiger partial charge in [0.1, 0.15) is 6.04 Å². The van der Waals surface area contributed by atoms with Gasteiger partial charge in [0.25, 0.3) is 0 Å². The Morgan fingerprint density at radius 1 is 1.47 bits per heavy atom. The number of carboxylic acids is 1. The van der Waals surface area contributed by atoms with Gasteiger partial charge in [-0.2, -0.15) is 5.26 Å². The van der Waals surface area contributed by atoms with Crippen LogP contribution in [0.5, 0.6) is 0 Å². The predicted octanol–water partition coefficient (Wildman–Crippen LogP) is 1.04. The maximum Gasteiger partial charge on any atom is 0.326 e. The zero-order valence-corrected chi connectivity index (χ0v) is 10.4. The van der Waals surface area contributed by atoms with E-state index in [0.717, 1.165) is 0 Å². The number of carbonyl (C=O) groups is 2. The molecule has 96 valence electrons. The number of carbonyl (C=O) groups excluding carboxylic acids is 1. The van der Waals surface area contributed by atoms with Crippen molar-refractivity contribution < 1.29 is 14.7 Å². The average Bonchev–Trinajstić information content (AvgIpc) is 2.26. The van der Waals surface area contributed by atoms with Gasteiger partial charge in [0.2, 0.25) is 0 Å². The number of hydrogen-bond donors (Lipinski definition) is 2. The van der Waals surface area contributed by atoms with E-state index in [4.69, 9.17) is 10.4 Å². The van der Waals surface area contributed by atoms with Crippen molar-refractivity contribution in [2.75, 3.05) is 13.1 Å². The molecule has 0 heterocycles. The zero-order chi connectivity index (χ0) is 13.4. The molecule has 0 saturated heterocycles. The van der Waals surface area contributed by atoms with Crippen molar-refractivity contribution in [2.24, 2.45) is 5.92 Å². The minimum absolute atomic E-state index is 0.189. The molecule has 1 atom stereocenters. The van der Waals surface area contributed by atoms with E-state index in [1.54, 1.807) is 20.8 Å². The lowest BCUT2D eigenvalue weighted by Crippen LogP contribution is -2.50. The minimum atomic E-state index is -1.05. The quantitative estimate of drug-likeness (QED) is 0.726. The van der Waals surface area contributed by atoms with Crippen molar-refractivity contribution in [3.8, 4) is 6.07 Å². The molecule has 0 aromatic rings. The van der Waals surface area contributed by atoms with Gasteiger partial charge in [-0.15, -0.1) is 0 Å². The third-order valence-corrected chi connectivity index (χ3v) is 2.37. The van der Waals surface area contributed by atoms with Crippen LogP contribution in [0.3, 0.4) is 0 Å². The lowest BCUT2D eigenvalue weighted by Gasteiger charge is -2.24. The van der Waals surface area contributed by atoms with Crippen molar-refractivity contribution in [1.29, 1.82) is 5.26 Å². The molecular formula is C11H19N3O3. The molecule has 6 nitrogen and oxygen atoms in total. The Morgan fingerprint density at radius 3 is 2.41 bits per heavy atom. The van der Waals surface area contributed by atoms with Crippen LogP contribution < -0.4 is 5.32 Å². The van der Waals surface area contributed by atoms with Gasteiger partial charge in [0, 0.05) is 13.1 Å². The highest BCUT2D eigenvalue weighted by atomic mass is 16.4. The van der Waals surface area contributed by atoms with Crippen molar-refractivity contribution in [3.05, 3.63) is 0 Å². The van der Waals surface area contributed by atoms with E-state index >= 15 is 0 Å². The van der Waals surface area contributed by atoms with Gasteiger partial charge in [-0.1, -0.05) is 13.8 Å². The van der Waals surface area contributed by atoms with Crippen molar-refractivity contribution in [3.63, 3.8) is 0 Å². The predicted molar refractivity (Wildman–Crippen MR) is 62.3 cm³/mol. The summed E-state index contributed by atoms with van der Waals surface area (Å²) in [6, 6.07) is 0.603. The molecule has 0 unspecified atom stereocenters. The Kier molecular flexibility index (Phi) is 6.71. The third kappa shape index (κ3) is 5.20. The summed E-state index contributed by atoms with van der Waals surface area (Å²) in [5.41, 5.74) is 0. The van der Waals surface area contributed by atoms with E-state index in [2.05, 4.69) is 5.32 Å². The first-order valence-corrected chi connectivity index (χ1v) is 5.59. The van der Waals surface area contributed by atoms with Crippen molar-refractivity contribution >= 4 is 12.0 Å². The van der Waals surface area contributed by atoms with Crippen LogP contribution in [0, 0.1) is 17.2 Å². The molecular weight excluding hydrogens is 222 g/mol. The first-order chi connectivity index (χ1) is 7.93. The molecule has 0 aromatic heterocycles. The first kappa shape index (κ1) is 15.2. The number of nitrogens with zero attached hydrogens (tertiary/aromatic N) is 2. The number of hydrogen-bond acceptors (Lipinski definition) is 3. The van der Waals surface area contributed by atoms with Gasteiger partial charge in [-0.25, -0.2) is 9.59 Å². The standard InChI is InChI=1S/C11H19N3O3/c1-4-14(7-5-6-12)11(17)13-9(8(2)3)10(15)16/h8-9H,4-5,7H2,1-3H3,(H,13,17)(H,15,16)/t9-/m1/s1. The lowest BCUT2D eigenvalue weighted by atomic mass is 10.1. The Labute approximate surface area is 101 Å². The highest BCUT2D eigenvalue weighted by Gasteiger charge is 2.25. The largest absolute Gasteiger partial charge is 0.480 e. The van der Waals surface area contributed by atoms with Gasteiger partial charge >= 0.3 is 12.0 Å². The lowest BCUT2D eigenvalue weighted by molar-refractivity contribution is -0.140. The Balaban J connectivity index is 4.47. The van der Waals surface area contributed by atoms with Gasteiger partial charge in [-0.05, 0) is 12.8 Å². The van der Waals surface area contributed by atoms with E-state index in [1.165, 1.54) is 4.90 Å². The molecule has 2 amide bonds. The van der Waals surface area contributed by atoms with E-state index in [9.17, 15) is 9.59 Å². The second-order valence-corrected chi connectivity index (χ2v) is 4.00. The Morgan fingerprint density at radius 2 is 2.06 bits per heavy atom. The van der Waals surface area contributed by atoms with Crippen LogP contribution in [0.4, 0.5) is 4.79 Å². The molecule has 0 rings (SSSR count). The van der Waals surface area contributed by atoms with Crippen LogP contribution in [0.15, 0.2) is 0 Å². The average molecular weight is 241 g/mol. The van der Waals surface area contributed by atoms with Crippen LogP contribution in [0.2, 0.25) is 0 Å². The number of rotatable bonds is 6. The normalized spacial score (nSPS) is 11.7. The second-order valence-electron chi connectivity index (χ2n) is 4.00. The molecule has 0 spiro atoms. The molecule has 0 aliphatic carbocycles. The first-order valence-electron chi connectivity index (χ1n) is 5.59. The fraction of sp³-hybridized carbons (Fsp3) is 0.727. The molecule has 6 heteroatoms. The van der Waals surface area contributed by atoms with E-state index in [1.807, 2.05) is 6.07 Å². The van der Waals surface area contributed by atoms with Crippen molar-refractivity contribution in [2.45, 2.75) is 33.2 Å². The highest BCUT2D eigenvalue weighted by molar-refractivity contribution is 5.82. The summed E-state index contributed by atoms with van der Waals surface area (Å²) in [6.45, 7) is 5.98. The maximum absolute atomic E-state index is 11.7. The number of nitrogens with one attached hydrogen (secondary N) is 1. The monoisotopic (exact) mass is 241 g/mol. The number of amides is 2. The molecule has 0 aliphatic heterocycles. The molecule has 17 heavy (non-hydrogen) atoms. The number of urea groups is 1. The maximum atomic E-state index is 11.7. The number of aliphatic carboxylic acids is 1. The Bertz CT molecular complexity index is 310. The molecule has 0 saturated carbocycles. The van der Waals surface area contributed by atoms with Crippen molar-refractivity contribution in [1.82, 2.24) is 10.2 Å². The smallest absolute Gasteiger partial charge is 0.326 e. The van der Waals surface area contributed by atoms with E-state index < -0.39 is 18.0 Å². The molecule has 0 bridgehead atoms. The van der Waals surface area contributed by atoms with Gasteiger partial charge in [-0.3, -0.25) is 0 Å². The molecule has 2 N–H and O–H groups in total. The van der Waals surface area contributed by atoms with Crippen LogP contribution in [-0.2, 0) is 4.79 Å². The molecule has 0 aromatic carbocycles. The highest BCUT2D eigenvalue weighted by Crippen LogP contribution is 2.03. The van der Waals surface area contributed by atoms with Gasteiger partial charge in [0.05, 0.1) is 12.5 Å². The SMILES string of the molecule is CCN(CCC#N)C(=O)N[C@@H](C(=O)O)C(C)C. The summed E-state index contributed by atoms with van der Waals surface area (Å²) in [4.78, 5) is 24.1. The molecule has 0 fully saturated rings. The fourth-order valence-corrected chi connectivity index (χ4v) is 1.33. The number of nitriles is 1. The zero-order valence-electron chi connectivity index (χ0n) is 10.4. The van der Waals surface area contributed by atoms with Crippen LogP contribution in [-0.4, -0.2) is 41.1 Å². The topological polar surface area (TPSA) is 93.4 Å². The molecule has 0 aliphatic rings. The summed E-state index contributed by atoms with van der Waals surface area (Å²) in [5, 5.41) is 19.8. The van der Waals surface area contributed by atoms with Crippen LogP contribution in [0.25, 0.3) is 0 Å². The summed E-state index contributed by atoms with van der Waals surface area (Å²) >= 11 is 0. The third-order valence-electron chi connectivity index (χ3n) is 2.37. The van der Waals surface area contributed by atoms with Gasteiger partial charge in [0.15, 0.2) is 0 Å². The van der Waals surface area contributed by atoms with E-state index in [0.29, 0.717) is 13.1 Å². The van der Waals surface area contributed by atoms with Crippen LogP contribution in [0.1, 0.15) is 27.2 Å².